The second-order valence-electron chi connectivity index (χ2n) is 2.33. The van der Waals surface area contributed by atoms with Crippen molar-refractivity contribution in [1.29, 1.82) is 5.26 Å². The molecule has 1 aromatic rings. The van der Waals surface area contributed by atoms with Crippen molar-refractivity contribution >= 4 is 28.9 Å². The maximum Gasteiger partial charge on any atom is 0.267 e. The third kappa shape index (κ3) is 2.04. The first-order chi connectivity index (χ1) is 6.60. The Labute approximate surface area is 91.9 Å². The Balaban J connectivity index is 3.44. The molecule has 0 aliphatic heterocycles. The van der Waals surface area contributed by atoms with Crippen LogP contribution < -0.4 is 0 Å². The van der Waals surface area contributed by atoms with Crippen LogP contribution in [0, 0.1) is 15.0 Å². The molecular formula is C8H3F2IN2O. The Bertz CT molecular complexity index is 415. The van der Waals surface area contributed by atoms with Crippen LogP contribution >= 0.6 is 22.6 Å². The van der Waals surface area contributed by atoms with Gasteiger partial charge in [0.2, 0.25) is 0 Å². The largest absolute Gasteiger partial charge is 0.298 e. The fraction of sp³-hybridized carbons (Fsp3) is 0.125. The van der Waals surface area contributed by atoms with Crippen molar-refractivity contribution in [2.75, 3.05) is 0 Å². The Hall–Kier alpha value is -1.10. The predicted octanol–water partition coefficient (Wildman–Crippen LogP) is 2.31. The Kier molecular flexibility index (Phi) is 3.46. The fourth-order valence-corrected chi connectivity index (χ4v) is 1.72. The van der Waals surface area contributed by atoms with E-state index in [4.69, 9.17) is 5.26 Å². The molecule has 0 radical (unpaired) electrons. The zero-order valence-corrected chi connectivity index (χ0v) is 8.83. The average Bonchev–Trinajstić information content (AvgIpc) is 2.15. The monoisotopic (exact) mass is 308 g/mol. The molecule has 0 unspecified atom stereocenters. The van der Waals surface area contributed by atoms with Crippen LogP contribution in [0.25, 0.3) is 0 Å². The molecule has 14 heavy (non-hydrogen) atoms. The smallest absolute Gasteiger partial charge is 0.267 e. The topological polar surface area (TPSA) is 53.8 Å². The van der Waals surface area contributed by atoms with Gasteiger partial charge in [-0.15, -0.1) is 0 Å². The summed E-state index contributed by atoms with van der Waals surface area (Å²) in [5, 5.41) is 8.49. The van der Waals surface area contributed by atoms with Crippen molar-refractivity contribution in [2.24, 2.45) is 0 Å². The van der Waals surface area contributed by atoms with Gasteiger partial charge in [-0.3, -0.25) is 4.79 Å². The molecule has 0 fully saturated rings. The van der Waals surface area contributed by atoms with Gasteiger partial charge in [0.05, 0.1) is 5.56 Å². The molecule has 0 bridgehead atoms. The number of aromatic nitrogens is 1. The molecule has 0 aromatic carbocycles. The van der Waals surface area contributed by atoms with Crippen LogP contribution in [0.4, 0.5) is 8.78 Å². The lowest BCUT2D eigenvalue weighted by Crippen LogP contribution is -2.01. The van der Waals surface area contributed by atoms with E-state index in [1.54, 1.807) is 28.7 Å². The summed E-state index contributed by atoms with van der Waals surface area (Å²) in [7, 11) is 0. The van der Waals surface area contributed by atoms with Crippen LogP contribution in [0.5, 0.6) is 0 Å². The first kappa shape index (κ1) is 11.0. The highest BCUT2D eigenvalue weighted by Gasteiger charge is 2.18. The van der Waals surface area contributed by atoms with Crippen LogP contribution in [0.2, 0.25) is 0 Å². The number of halogens is 3. The molecule has 0 saturated carbocycles. The van der Waals surface area contributed by atoms with E-state index in [1.165, 1.54) is 0 Å². The van der Waals surface area contributed by atoms with Crippen LogP contribution in [-0.4, -0.2) is 11.3 Å². The molecule has 0 aliphatic carbocycles. The zero-order valence-electron chi connectivity index (χ0n) is 6.67. The second-order valence-corrected chi connectivity index (χ2v) is 3.35. The minimum Gasteiger partial charge on any atom is -0.298 e. The van der Waals surface area contributed by atoms with Crippen molar-refractivity contribution in [3.63, 3.8) is 0 Å². The van der Waals surface area contributed by atoms with E-state index >= 15 is 0 Å². The number of carbonyl (C=O) groups is 1. The molecule has 72 valence electrons. The van der Waals surface area contributed by atoms with Gasteiger partial charge in [-0.1, -0.05) is 0 Å². The number of nitrogens with zero attached hydrogens (tertiary/aromatic N) is 2. The zero-order chi connectivity index (χ0) is 10.7. The molecule has 0 saturated heterocycles. The third-order valence-corrected chi connectivity index (χ3v) is 2.33. The molecule has 0 aliphatic rings. The highest BCUT2D eigenvalue weighted by molar-refractivity contribution is 14.1. The lowest BCUT2D eigenvalue weighted by molar-refractivity contribution is 0.110. The number of hydrogen-bond donors (Lipinski definition) is 0. The summed E-state index contributed by atoms with van der Waals surface area (Å²) >= 11 is 1.57. The number of aldehydes is 1. The Morgan fingerprint density at radius 2 is 2.29 bits per heavy atom. The van der Waals surface area contributed by atoms with E-state index in [9.17, 15) is 13.6 Å². The van der Waals surface area contributed by atoms with E-state index in [0.29, 0.717) is 6.29 Å². The number of rotatable bonds is 2. The predicted molar refractivity (Wildman–Crippen MR) is 52.0 cm³/mol. The van der Waals surface area contributed by atoms with E-state index in [0.717, 1.165) is 6.07 Å². The number of hydrogen-bond acceptors (Lipinski definition) is 3. The van der Waals surface area contributed by atoms with Gasteiger partial charge in [-0.25, -0.2) is 13.8 Å². The summed E-state index contributed by atoms with van der Waals surface area (Å²) in [6.07, 6.45) is -2.46. The van der Waals surface area contributed by atoms with Gasteiger partial charge in [0.25, 0.3) is 6.43 Å². The first-order valence-electron chi connectivity index (χ1n) is 3.44. The Morgan fingerprint density at radius 3 is 2.71 bits per heavy atom. The van der Waals surface area contributed by atoms with Crippen molar-refractivity contribution in [2.45, 2.75) is 6.43 Å². The quantitative estimate of drug-likeness (QED) is 0.478. The Morgan fingerprint density at radius 1 is 1.64 bits per heavy atom. The fourth-order valence-electron chi connectivity index (χ4n) is 0.913. The molecule has 0 spiro atoms. The van der Waals surface area contributed by atoms with Gasteiger partial charge in [0.1, 0.15) is 15.5 Å². The van der Waals surface area contributed by atoms with Gasteiger partial charge in [0.15, 0.2) is 6.29 Å². The molecule has 3 nitrogen and oxygen atoms in total. The number of alkyl halides is 2. The summed E-state index contributed by atoms with van der Waals surface area (Å²) in [6, 6.07) is 2.74. The van der Waals surface area contributed by atoms with Crippen molar-refractivity contribution in [1.82, 2.24) is 4.98 Å². The number of carbonyl (C=O) groups excluding carboxylic acids is 1. The van der Waals surface area contributed by atoms with E-state index < -0.39 is 12.0 Å². The van der Waals surface area contributed by atoms with Crippen molar-refractivity contribution in [3.8, 4) is 6.07 Å². The minimum absolute atomic E-state index is 0.0150. The van der Waals surface area contributed by atoms with Crippen LogP contribution in [0.15, 0.2) is 6.07 Å². The van der Waals surface area contributed by atoms with Gasteiger partial charge in [-0.05, 0) is 28.7 Å². The SMILES string of the molecule is N#Cc1cc(C=O)c(C(F)F)c(I)n1. The highest BCUT2D eigenvalue weighted by atomic mass is 127. The van der Waals surface area contributed by atoms with Crippen molar-refractivity contribution < 1.29 is 13.6 Å². The highest BCUT2D eigenvalue weighted by Crippen LogP contribution is 2.26. The summed E-state index contributed by atoms with van der Waals surface area (Å²) in [5.41, 5.74) is -0.642. The van der Waals surface area contributed by atoms with Crippen LogP contribution in [0.3, 0.4) is 0 Å². The normalized spacial score (nSPS) is 9.93. The van der Waals surface area contributed by atoms with E-state index in [-0.39, 0.29) is 15.0 Å². The maximum atomic E-state index is 12.4. The third-order valence-electron chi connectivity index (χ3n) is 1.50. The lowest BCUT2D eigenvalue weighted by atomic mass is 10.1. The molecule has 0 amide bonds. The first-order valence-corrected chi connectivity index (χ1v) is 4.52. The summed E-state index contributed by atoms with van der Waals surface area (Å²) in [5.74, 6) is 0. The lowest BCUT2D eigenvalue weighted by Gasteiger charge is -2.05. The van der Waals surface area contributed by atoms with Crippen molar-refractivity contribution in [3.05, 3.63) is 26.6 Å². The second kappa shape index (κ2) is 4.41. The van der Waals surface area contributed by atoms with Crippen LogP contribution in [0.1, 0.15) is 28.0 Å². The molecule has 6 heteroatoms. The minimum atomic E-state index is -2.76. The van der Waals surface area contributed by atoms with Gasteiger partial charge in [-0.2, -0.15) is 5.26 Å². The average molecular weight is 308 g/mol. The number of pyridine rings is 1. The number of nitriles is 1. The van der Waals surface area contributed by atoms with Gasteiger partial charge < -0.3 is 0 Å². The standard InChI is InChI=1S/C8H3F2IN2O/c9-7(10)6-4(3-14)1-5(2-12)13-8(6)11/h1,3,7H. The van der Waals surface area contributed by atoms with E-state index in [2.05, 4.69) is 4.98 Å². The summed E-state index contributed by atoms with van der Waals surface area (Å²) in [4.78, 5) is 14.1. The molecule has 1 aromatic heterocycles. The molecule has 0 N–H and O–H groups in total. The maximum absolute atomic E-state index is 12.4. The molecule has 1 heterocycles. The summed E-state index contributed by atoms with van der Waals surface area (Å²) < 4.78 is 24.8. The van der Waals surface area contributed by atoms with Gasteiger partial charge >= 0.3 is 0 Å². The molecular weight excluding hydrogens is 305 g/mol. The van der Waals surface area contributed by atoms with E-state index in [1.807, 2.05) is 0 Å². The summed E-state index contributed by atoms with van der Waals surface area (Å²) in [6.45, 7) is 0. The van der Waals surface area contributed by atoms with Gasteiger partial charge in [0, 0.05) is 5.56 Å². The molecule has 1 rings (SSSR count). The van der Waals surface area contributed by atoms with Crippen LogP contribution in [-0.2, 0) is 0 Å². The molecule has 0 atom stereocenters.